The maximum Gasteiger partial charge on any atom is 0.132 e. The van der Waals surface area contributed by atoms with Crippen molar-refractivity contribution in [1.29, 1.82) is 0 Å². The number of hydrogen-bond donors (Lipinski definition) is 0. The normalized spacial score (nSPS) is 15.8. The molecule has 0 spiro atoms. The van der Waals surface area contributed by atoms with Gasteiger partial charge in [-0.05, 0) is 43.2 Å². The second-order valence-corrected chi connectivity index (χ2v) is 5.40. The van der Waals surface area contributed by atoms with Gasteiger partial charge in [-0.3, -0.25) is 4.68 Å². The van der Waals surface area contributed by atoms with E-state index < -0.39 is 0 Å². The van der Waals surface area contributed by atoms with E-state index in [4.69, 9.17) is 16.3 Å². The van der Waals surface area contributed by atoms with Gasteiger partial charge < -0.3 is 4.74 Å². The molecule has 1 heterocycles. The lowest BCUT2D eigenvalue weighted by molar-refractivity contribution is 0.298. The fourth-order valence-electron chi connectivity index (χ4n) is 2.51. The van der Waals surface area contributed by atoms with E-state index in [0.717, 1.165) is 16.5 Å². The average molecular weight is 277 g/mol. The van der Waals surface area contributed by atoms with Gasteiger partial charge in [-0.1, -0.05) is 24.4 Å². The molecule has 2 aromatic rings. The van der Waals surface area contributed by atoms with Gasteiger partial charge in [0.2, 0.25) is 0 Å². The summed E-state index contributed by atoms with van der Waals surface area (Å²) in [5.41, 5.74) is 0.974. The Hall–Kier alpha value is -1.48. The Labute approximate surface area is 118 Å². The van der Waals surface area contributed by atoms with Gasteiger partial charge in [-0.15, -0.1) is 0 Å². The van der Waals surface area contributed by atoms with Gasteiger partial charge in [-0.25, -0.2) is 0 Å². The molecule has 0 N–H and O–H groups in total. The number of nitrogens with zero attached hydrogens (tertiary/aromatic N) is 2. The Balaban J connectivity index is 1.59. The molecule has 1 aliphatic rings. The number of aromatic nitrogens is 2. The second kappa shape index (κ2) is 5.66. The van der Waals surface area contributed by atoms with E-state index in [1.165, 1.54) is 25.7 Å². The van der Waals surface area contributed by atoms with Crippen LogP contribution in [0.2, 0.25) is 5.02 Å². The summed E-state index contributed by atoms with van der Waals surface area (Å²) in [6.07, 6.45) is 7.21. The average Bonchev–Trinajstić information content (AvgIpc) is 3.09. The van der Waals surface area contributed by atoms with Crippen molar-refractivity contribution < 1.29 is 4.74 Å². The van der Waals surface area contributed by atoms with Crippen molar-refractivity contribution in [3.05, 3.63) is 47.2 Å². The minimum atomic E-state index is 0.501. The van der Waals surface area contributed by atoms with Crippen LogP contribution in [0.3, 0.4) is 0 Å². The quantitative estimate of drug-likeness (QED) is 0.835. The maximum absolute atomic E-state index is 5.83. The third kappa shape index (κ3) is 3.10. The first-order valence-electron chi connectivity index (χ1n) is 6.74. The minimum absolute atomic E-state index is 0.501. The second-order valence-electron chi connectivity index (χ2n) is 4.97. The van der Waals surface area contributed by atoms with E-state index in [9.17, 15) is 0 Å². The predicted molar refractivity (Wildman–Crippen MR) is 75.5 cm³/mol. The Morgan fingerprint density at radius 1 is 1.16 bits per heavy atom. The van der Waals surface area contributed by atoms with Crippen LogP contribution in [0.15, 0.2) is 36.5 Å². The summed E-state index contributed by atoms with van der Waals surface area (Å²) < 4.78 is 7.78. The maximum atomic E-state index is 5.83. The van der Waals surface area contributed by atoms with Crippen LogP contribution in [-0.4, -0.2) is 9.78 Å². The minimum Gasteiger partial charge on any atom is -0.487 e. The van der Waals surface area contributed by atoms with Gasteiger partial charge in [0.1, 0.15) is 12.4 Å². The van der Waals surface area contributed by atoms with Crippen molar-refractivity contribution in [2.24, 2.45) is 0 Å². The highest BCUT2D eigenvalue weighted by Crippen LogP contribution is 2.28. The first-order chi connectivity index (χ1) is 9.31. The molecule has 0 atom stereocenters. The topological polar surface area (TPSA) is 27.1 Å². The van der Waals surface area contributed by atoms with E-state index >= 15 is 0 Å². The van der Waals surface area contributed by atoms with Crippen molar-refractivity contribution >= 4 is 11.6 Å². The summed E-state index contributed by atoms with van der Waals surface area (Å²) in [5.74, 6) is 0.819. The van der Waals surface area contributed by atoms with Gasteiger partial charge in [0.15, 0.2) is 0 Å². The zero-order valence-electron chi connectivity index (χ0n) is 10.8. The monoisotopic (exact) mass is 276 g/mol. The van der Waals surface area contributed by atoms with Crippen LogP contribution in [-0.2, 0) is 6.61 Å². The fourth-order valence-corrected chi connectivity index (χ4v) is 2.64. The zero-order valence-corrected chi connectivity index (χ0v) is 11.5. The molecule has 3 nitrogen and oxygen atoms in total. The van der Waals surface area contributed by atoms with Crippen LogP contribution >= 0.6 is 11.6 Å². The molecule has 19 heavy (non-hydrogen) atoms. The Kier molecular flexibility index (Phi) is 3.74. The SMILES string of the molecule is Clc1ccc(OCc2ccn(C3CCCC3)n2)cc1. The van der Waals surface area contributed by atoms with Gasteiger partial charge >= 0.3 is 0 Å². The molecule has 4 heteroatoms. The first-order valence-corrected chi connectivity index (χ1v) is 7.11. The standard InChI is InChI=1S/C15H17ClN2O/c16-12-5-7-15(8-6-12)19-11-13-9-10-18(17-13)14-3-1-2-4-14/h5-10,14H,1-4,11H2. The molecular formula is C15H17ClN2O. The number of ether oxygens (including phenoxy) is 1. The van der Waals surface area contributed by atoms with Crippen molar-refractivity contribution in [2.75, 3.05) is 0 Å². The van der Waals surface area contributed by atoms with Crippen LogP contribution in [0.1, 0.15) is 37.4 Å². The number of hydrogen-bond acceptors (Lipinski definition) is 2. The van der Waals surface area contributed by atoms with Crippen LogP contribution in [0, 0.1) is 0 Å². The lowest BCUT2D eigenvalue weighted by Gasteiger charge is -2.09. The molecule has 0 aliphatic heterocycles. The Bertz CT molecular complexity index is 529. The van der Waals surface area contributed by atoms with Crippen molar-refractivity contribution in [3.63, 3.8) is 0 Å². The summed E-state index contributed by atoms with van der Waals surface area (Å²) >= 11 is 5.83. The van der Waals surface area contributed by atoms with E-state index in [1.54, 1.807) is 0 Å². The van der Waals surface area contributed by atoms with E-state index in [-0.39, 0.29) is 0 Å². The van der Waals surface area contributed by atoms with Crippen LogP contribution in [0.25, 0.3) is 0 Å². The molecule has 1 saturated carbocycles. The molecule has 0 unspecified atom stereocenters. The van der Waals surface area contributed by atoms with Gasteiger partial charge in [0.25, 0.3) is 0 Å². The highest BCUT2D eigenvalue weighted by Gasteiger charge is 2.17. The van der Waals surface area contributed by atoms with Gasteiger partial charge in [-0.2, -0.15) is 5.10 Å². The summed E-state index contributed by atoms with van der Waals surface area (Å²) in [6.45, 7) is 0.501. The number of benzene rings is 1. The lowest BCUT2D eigenvalue weighted by atomic mass is 10.3. The van der Waals surface area contributed by atoms with Crippen LogP contribution < -0.4 is 4.74 Å². The molecule has 1 fully saturated rings. The van der Waals surface area contributed by atoms with Crippen LogP contribution in [0.4, 0.5) is 0 Å². The molecular weight excluding hydrogens is 260 g/mol. The predicted octanol–water partition coefficient (Wildman–Crippen LogP) is 4.23. The molecule has 1 aromatic heterocycles. The third-order valence-electron chi connectivity index (χ3n) is 3.56. The number of halogens is 1. The van der Waals surface area contributed by atoms with E-state index in [1.807, 2.05) is 30.3 Å². The highest BCUT2D eigenvalue weighted by atomic mass is 35.5. The molecule has 1 aromatic carbocycles. The highest BCUT2D eigenvalue weighted by molar-refractivity contribution is 6.30. The van der Waals surface area contributed by atoms with Crippen molar-refractivity contribution in [1.82, 2.24) is 9.78 Å². The molecule has 1 aliphatic carbocycles. The molecule has 100 valence electrons. The van der Waals surface area contributed by atoms with Crippen molar-refractivity contribution in [2.45, 2.75) is 38.3 Å². The smallest absolute Gasteiger partial charge is 0.132 e. The van der Waals surface area contributed by atoms with Crippen LogP contribution in [0.5, 0.6) is 5.75 Å². The largest absolute Gasteiger partial charge is 0.487 e. The van der Waals surface area contributed by atoms with Gasteiger partial charge in [0.05, 0.1) is 11.7 Å². The fraction of sp³-hybridized carbons (Fsp3) is 0.400. The molecule has 0 amide bonds. The Morgan fingerprint density at radius 3 is 2.63 bits per heavy atom. The van der Waals surface area contributed by atoms with E-state index in [0.29, 0.717) is 12.6 Å². The first kappa shape index (κ1) is 12.5. The van der Waals surface area contributed by atoms with Crippen molar-refractivity contribution in [3.8, 4) is 5.75 Å². The van der Waals surface area contributed by atoms with Gasteiger partial charge in [0, 0.05) is 11.2 Å². The number of rotatable bonds is 4. The molecule has 0 radical (unpaired) electrons. The molecule has 0 saturated heterocycles. The lowest BCUT2D eigenvalue weighted by Crippen LogP contribution is -2.06. The molecule has 3 rings (SSSR count). The Morgan fingerprint density at radius 2 is 1.89 bits per heavy atom. The molecule has 0 bridgehead atoms. The third-order valence-corrected chi connectivity index (χ3v) is 3.81. The summed E-state index contributed by atoms with van der Waals surface area (Å²) in [5, 5.41) is 5.31. The summed E-state index contributed by atoms with van der Waals surface area (Å²) in [4.78, 5) is 0. The summed E-state index contributed by atoms with van der Waals surface area (Å²) in [7, 11) is 0. The van der Waals surface area contributed by atoms with E-state index in [2.05, 4.69) is 16.0 Å². The zero-order chi connectivity index (χ0) is 13.1. The summed E-state index contributed by atoms with van der Waals surface area (Å²) in [6, 6.07) is 10.0.